The highest BCUT2D eigenvalue weighted by Gasteiger charge is 2.18. The largest absolute Gasteiger partial charge is 0.309 e. The van der Waals surface area contributed by atoms with Gasteiger partial charge in [-0.1, -0.05) is 109 Å². The predicted octanol–water partition coefficient (Wildman–Crippen LogP) is 14.7. The van der Waals surface area contributed by atoms with E-state index in [-0.39, 0.29) is 0 Å². The first-order valence-corrected chi connectivity index (χ1v) is 19.6. The Balaban J connectivity index is 1.10. The molecule has 9 aromatic carbocycles. The molecule has 0 fully saturated rings. The number of rotatable bonds is 4. The van der Waals surface area contributed by atoms with Gasteiger partial charge in [0.2, 0.25) is 0 Å². The van der Waals surface area contributed by atoms with Crippen molar-refractivity contribution < 1.29 is 0 Å². The summed E-state index contributed by atoms with van der Waals surface area (Å²) in [6.07, 6.45) is 0. The fraction of sp³-hybridized carbons (Fsp3) is 0. The zero-order valence-corrected chi connectivity index (χ0v) is 30.6. The van der Waals surface area contributed by atoms with E-state index in [0.29, 0.717) is 0 Å². The van der Waals surface area contributed by atoms with Crippen molar-refractivity contribution in [2.24, 2.45) is 0 Å². The zero-order chi connectivity index (χ0) is 36.0. The van der Waals surface area contributed by atoms with Gasteiger partial charge in [0.15, 0.2) is 0 Å². The van der Waals surface area contributed by atoms with E-state index in [0.717, 1.165) is 0 Å². The Bertz CT molecular complexity index is 3470. The zero-order valence-electron chi connectivity index (χ0n) is 29.8. The first kappa shape index (κ1) is 30.5. The van der Waals surface area contributed by atoms with Crippen LogP contribution in [0.1, 0.15) is 0 Å². The maximum absolute atomic E-state index is 2.46. The summed E-state index contributed by atoms with van der Waals surface area (Å²) in [7, 11) is 0. The van der Waals surface area contributed by atoms with Crippen LogP contribution >= 0.6 is 11.3 Å². The molecule has 3 heteroatoms. The highest BCUT2D eigenvalue weighted by Crippen LogP contribution is 2.42. The first-order chi connectivity index (χ1) is 27.2. The Hall–Kier alpha value is -6.94. The van der Waals surface area contributed by atoms with Crippen LogP contribution in [0, 0.1) is 0 Å². The lowest BCUT2D eigenvalue weighted by molar-refractivity contribution is 1.18. The van der Waals surface area contributed by atoms with Crippen LogP contribution in [-0.4, -0.2) is 9.13 Å². The number of fused-ring (bicyclic) bond motifs is 10. The van der Waals surface area contributed by atoms with E-state index in [1.165, 1.54) is 108 Å². The molecule has 0 aliphatic heterocycles. The molecule has 0 aliphatic carbocycles. The highest BCUT2D eigenvalue weighted by molar-refractivity contribution is 7.25. The van der Waals surface area contributed by atoms with Crippen LogP contribution in [0.5, 0.6) is 0 Å². The van der Waals surface area contributed by atoms with Crippen LogP contribution in [0.15, 0.2) is 194 Å². The van der Waals surface area contributed by atoms with Crippen LogP contribution in [0.2, 0.25) is 0 Å². The highest BCUT2D eigenvalue weighted by atomic mass is 32.1. The minimum atomic E-state index is 1.17. The van der Waals surface area contributed by atoms with Crippen LogP contribution in [-0.2, 0) is 0 Å². The maximum atomic E-state index is 2.46. The molecule has 3 aromatic heterocycles. The predicted molar refractivity (Wildman–Crippen MR) is 236 cm³/mol. The molecule has 0 unspecified atom stereocenters. The van der Waals surface area contributed by atoms with E-state index in [4.69, 9.17) is 0 Å². The lowest BCUT2D eigenvalue weighted by atomic mass is 9.99. The molecule has 0 bridgehead atoms. The number of nitrogens with zero attached hydrogens (tertiary/aromatic N) is 2. The third-order valence-corrected chi connectivity index (χ3v) is 12.6. The van der Waals surface area contributed by atoms with Crippen LogP contribution in [0.4, 0.5) is 0 Å². The summed E-state index contributed by atoms with van der Waals surface area (Å²) in [4.78, 5) is 0. The van der Waals surface area contributed by atoms with E-state index in [1.54, 1.807) is 0 Å². The van der Waals surface area contributed by atoms with Crippen molar-refractivity contribution in [2.45, 2.75) is 0 Å². The van der Waals surface area contributed by atoms with Gasteiger partial charge in [-0.05, 0) is 118 Å². The molecule has 12 rings (SSSR count). The van der Waals surface area contributed by atoms with Crippen LogP contribution in [0.3, 0.4) is 0 Å². The third kappa shape index (κ3) is 4.67. The Morgan fingerprint density at radius 3 is 1.45 bits per heavy atom. The van der Waals surface area contributed by atoms with Gasteiger partial charge in [0.05, 0.1) is 22.1 Å². The molecule has 0 saturated heterocycles. The fourth-order valence-corrected chi connectivity index (χ4v) is 9.97. The summed E-state index contributed by atoms with van der Waals surface area (Å²) in [5, 5.41) is 10.1. The van der Waals surface area contributed by atoms with Crippen molar-refractivity contribution >= 4 is 85.9 Å². The second-order valence-electron chi connectivity index (χ2n) is 14.6. The van der Waals surface area contributed by atoms with Gasteiger partial charge in [0.1, 0.15) is 0 Å². The molecule has 12 aromatic rings. The van der Waals surface area contributed by atoms with Gasteiger partial charge in [-0.15, -0.1) is 11.3 Å². The molecule has 2 nitrogen and oxygen atoms in total. The topological polar surface area (TPSA) is 9.86 Å². The monoisotopic (exact) mass is 716 g/mol. The van der Waals surface area contributed by atoms with Crippen molar-refractivity contribution in [2.75, 3.05) is 0 Å². The van der Waals surface area contributed by atoms with Gasteiger partial charge in [-0.25, -0.2) is 0 Å². The molecule has 256 valence electrons. The Labute approximate surface area is 321 Å². The number of aromatic nitrogens is 2. The molecule has 0 amide bonds. The van der Waals surface area contributed by atoms with Crippen molar-refractivity contribution in [1.82, 2.24) is 9.13 Å². The molecule has 0 spiro atoms. The number of thiophene rings is 1. The summed E-state index contributed by atoms with van der Waals surface area (Å²) in [6.45, 7) is 0. The van der Waals surface area contributed by atoms with E-state index in [2.05, 4.69) is 203 Å². The molecule has 0 radical (unpaired) electrons. The quantitative estimate of drug-likeness (QED) is 0.172. The average molecular weight is 717 g/mol. The first-order valence-electron chi connectivity index (χ1n) is 18.8. The minimum absolute atomic E-state index is 1.17. The van der Waals surface area contributed by atoms with Crippen LogP contribution < -0.4 is 0 Å². The fourth-order valence-electron chi connectivity index (χ4n) is 8.88. The van der Waals surface area contributed by atoms with Crippen molar-refractivity contribution in [1.29, 1.82) is 0 Å². The Morgan fingerprint density at radius 2 is 0.782 bits per heavy atom. The van der Waals surface area contributed by atoms with Gasteiger partial charge >= 0.3 is 0 Å². The third-order valence-electron chi connectivity index (χ3n) is 11.5. The lowest BCUT2D eigenvalue weighted by Crippen LogP contribution is -1.93. The minimum Gasteiger partial charge on any atom is -0.309 e. The van der Waals surface area contributed by atoms with Gasteiger partial charge < -0.3 is 9.13 Å². The summed E-state index contributed by atoms with van der Waals surface area (Å²) >= 11 is 1.87. The summed E-state index contributed by atoms with van der Waals surface area (Å²) < 4.78 is 7.51. The normalized spacial score (nSPS) is 12.0. The molecule has 0 atom stereocenters. The number of hydrogen-bond donors (Lipinski definition) is 0. The second kappa shape index (κ2) is 11.8. The standard InChI is InChI=1S/C52H32N2S/c1-3-11-33(12-4-1)36-19-23-48-42(28-36)43-29-37(21-25-49(43)54(48)40-22-26-52-46(32-40)41-17-9-10-18-51(41)55-52)38-20-24-47-44(30-38)45-27-34-13-7-8-14-35(34)31-50(45)53(47)39-15-5-2-6-16-39/h1-32H. The number of hydrogen-bond acceptors (Lipinski definition) is 1. The summed E-state index contributed by atoms with van der Waals surface area (Å²) in [6, 6.07) is 71.6. The molecular weight excluding hydrogens is 685 g/mol. The lowest BCUT2D eigenvalue weighted by Gasteiger charge is -2.10. The van der Waals surface area contributed by atoms with Crippen molar-refractivity contribution in [3.05, 3.63) is 194 Å². The van der Waals surface area contributed by atoms with Gasteiger partial charge in [0, 0.05) is 53.1 Å². The second-order valence-corrected chi connectivity index (χ2v) is 15.6. The SMILES string of the molecule is c1ccc(-c2ccc3c(c2)c2cc(-c4ccc5c(c4)c4cc6ccccc6cc4n5-c4ccccc4)ccc2n3-c2ccc3sc4ccccc4c3c2)cc1. The van der Waals surface area contributed by atoms with E-state index in [9.17, 15) is 0 Å². The van der Waals surface area contributed by atoms with Crippen LogP contribution in [0.25, 0.3) is 108 Å². The molecular formula is C52H32N2S. The average Bonchev–Trinajstić information content (AvgIpc) is 3.89. The molecule has 0 aliphatic rings. The van der Waals surface area contributed by atoms with Gasteiger partial charge in [-0.2, -0.15) is 0 Å². The molecule has 0 N–H and O–H groups in total. The molecule has 3 heterocycles. The van der Waals surface area contributed by atoms with E-state index < -0.39 is 0 Å². The summed E-state index contributed by atoms with van der Waals surface area (Å²) in [5.74, 6) is 0. The molecule has 0 saturated carbocycles. The summed E-state index contributed by atoms with van der Waals surface area (Å²) in [5.41, 5.74) is 12.1. The van der Waals surface area contributed by atoms with E-state index >= 15 is 0 Å². The number of para-hydroxylation sites is 1. The van der Waals surface area contributed by atoms with Crippen molar-refractivity contribution in [3.63, 3.8) is 0 Å². The van der Waals surface area contributed by atoms with Gasteiger partial charge in [0.25, 0.3) is 0 Å². The van der Waals surface area contributed by atoms with E-state index in [1.807, 2.05) is 11.3 Å². The molecule has 55 heavy (non-hydrogen) atoms. The Kier molecular flexibility index (Phi) is 6.54. The Morgan fingerprint density at radius 1 is 0.273 bits per heavy atom. The van der Waals surface area contributed by atoms with Crippen molar-refractivity contribution in [3.8, 4) is 33.6 Å². The smallest absolute Gasteiger partial charge is 0.0547 e. The maximum Gasteiger partial charge on any atom is 0.0547 e. The number of benzene rings is 9. The van der Waals surface area contributed by atoms with Gasteiger partial charge in [-0.3, -0.25) is 0 Å².